The van der Waals surface area contributed by atoms with Crippen LogP contribution in [0.5, 0.6) is 0 Å². The summed E-state index contributed by atoms with van der Waals surface area (Å²) >= 11 is 0. The van der Waals surface area contributed by atoms with Crippen molar-refractivity contribution in [1.29, 1.82) is 0 Å². The van der Waals surface area contributed by atoms with Crippen LogP contribution >= 0.6 is 0 Å². The molecule has 0 amide bonds. The Labute approximate surface area is 123 Å². The maximum atomic E-state index is 11.4. The van der Waals surface area contributed by atoms with Crippen LogP contribution < -0.4 is 4.90 Å². The lowest BCUT2D eigenvalue weighted by atomic mass is 10.2. The highest BCUT2D eigenvalue weighted by Crippen LogP contribution is 2.34. The molecule has 1 aromatic heterocycles. The Balaban J connectivity index is 3.39. The van der Waals surface area contributed by atoms with E-state index in [0.29, 0.717) is 11.5 Å². The average molecular weight is 298 g/mol. The van der Waals surface area contributed by atoms with Gasteiger partial charge < -0.3 is 10.0 Å². The molecule has 118 valence electrons. The number of aryl methyl sites for hydroxylation is 1. The van der Waals surface area contributed by atoms with E-state index in [1.165, 1.54) is 0 Å². The Morgan fingerprint density at radius 1 is 1.43 bits per heavy atom. The van der Waals surface area contributed by atoms with Gasteiger partial charge in [0.05, 0.1) is 11.3 Å². The standard InChI is InChI=1S/C13H22N4O4/c1-8(2)15(7-6-11(18)19)13-12(17(20)21)10(5)14-16(13)9(3)4/h8-9H,6-7H2,1-5H3,(H,18,19). The zero-order valence-corrected chi connectivity index (χ0v) is 13.0. The van der Waals surface area contributed by atoms with Gasteiger partial charge in [-0.25, -0.2) is 4.68 Å². The first-order chi connectivity index (χ1) is 9.66. The van der Waals surface area contributed by atoms with Crippen molar-refractivity contribution in [3.05, 3.63) is 15.8 Å². The van der Waals surface area contributed by atoms with Gasteiger partial charge in [0.15, 0.2) is 0 Å². The van der Waals surface area contributed by atoms with E-state index in [2.05, 4.69) is 5.10 Å². The van der Waals surface area contributed by atoms with E-state index in [9.17, 15) is 14.9 Å². The molecule has 0 saturated heterocycles. The lowest BCUT2D eigenvalue weighted by Gasteiger charge is -2.28. The molecule has 8 heteroatoms. The molecule has 0 spiro atoms. The number of hydrogen-bond acceptors (Lipinski definition) is 5. The molecule has 1 aromatic rings. The summed E-state index contributed by atoms with van der Waals surface area (Å²) in [5.74, 6) is -0.556. The number of anilines is 1. The fraction of sp³-hybridized carbons (Fsp3) is 0.692. The summed E-state index contributed by atoms with van der Waals surface area (Å²) in [6, 6.07) is -0.130. The van der Waals surface area contributed by atoms with Crippen molar-refractivity contribution in [2.45, 2.75) is 53.1 Å². The predicted molar refractivity (Wildman–Crippen MR) is 78.7 cm³/mol. The SMILES string of the molecule is Cc1nn(C(C)C)c(N(CCC(=O)O)C(C)C)c1[N+](=O)[O-]. The summed E-state index contributed by atoms with van der Waals surface area (Å²) in [6.07, 6.45) is -0.0857. The number of nitro groups is 1. The minimum atomic E-state index is -0.935. The summed E-state index contributed by atoms with van der Waals surface area (Å²) in [6.45, 7) is 9.31. The second-order valence-corrected chi connectivity index (χ2v) is 5.48. The minimum Gasteiger partial charge on any atom is -0.481 e. The van der Waals surface area contributed by atoms with Crippen LogP contribution in [0.15, 0.2) is 0 Å². The van der Waals surface area contributed by atoms with Crippen molar-refractivity contribution < 1.29 is 14.8 Å². The number of aromatic nitrogens is 2. The van der Waals surface area contributed by atoms with Crippen molar-refractivity contribution in [2.75, 3.05) is 11.4 Å². The fourth-order valence-electron chi connectivity index (χ4n) is 2.19. The minimum absolute atomic E-state index is 0.0530. The normalized spacial score (nSPS) is 11.2. The molecule has 0 aliphatic rings. The average Bonchev–Trinajstić information content (AvgIpc) is 2.66. The van der Waals surface area contributed by atoms with Crippen LogP contribution in [0, 0.1) is 17.0 Å². The van der Waals surface area contributed by atoms with Gasteiger partial charge in [0.2, 0.25) is 5.82 Å². The van der Waals surface area contributed by atoms with Gasteiger partial charge in [-0.2, -0.15) is 5.10 Å². The predicted octanol–water partition coefficient (Wildman–Crippen LogP) is 2.37. The third-order valence-corrected chi connectivity index (χ3v) is 3.16. The first kappa shape index (κ1) is 16.9. The molecule has 21 heavy (non-hydrogen) atoms. The van der Waals surface area contributed by atoms with Gasteiger partial charge in [0, 0.05) is 18.6 Å². The maximum Gasteiger partial charge on any atom is 0.333 e. The zero-order valence-electron chi connectivity index (χ0n) is 13.0. The zero-order chi connectivity index (χ0) is 16.3. The van der Waals surface area contributed by atoms with Crippen LogP contribution in [0.25, 0.3) is 0 Å². The van der Waals surface area contributed by atoms with Crippen LogP contribution in [0.1, 0.15) is 45.9 Å². The van der Waals surface area contributed by atoms with Crippen molar-refractivity contribution in [2.24, 2.45) is 0 Å². The van der Waals surface area contributed by atoms with Crippen LogP contribution in [0.4, 0.5) is 11.5 Å². The van der Waals surface area contributed by atoms with Gasteiger partial charge in [-0.15, -0.1) is 0 Å². The second-order valence-electron chi connectivity index (χ2n) is 5.48. The monoisotopic (exact) mass is 298 g/mol. The highest BCUT2D eigenvalue weighted by Gasteiger charge is 2.31. The van der Waals surface area contributed by atoms with E-state index < -0.39 is 10.9 Å². The molecule has 0 atom stereocenters. The van der Waals surface area contributed by atoms with E-state index in [1.54, 1.807) is 16.5 Å². The van der Waals surface area contributed by atoms with Crippen molar-refractivity contribution >= 4 is 17.5 Å². The number of carboxylic acid groups (broad SMARTS) is 1. The first-order valence-corrected chi connectivity index (χ1v) is 6.88. The molecule has 1 heterocycles. The maximum absolute atomic E-state index is 11.4. The smallest absolute Gasteiger partial charge is 0.333 e. The van der Waals surface area contributed by atoms with E-state index in [1.807, 2.05) is 27.7 Å². The molecular weight excluding hydrogens is 276 g/mol. The molecule has 0 unspecified atom stereocenters. The van der Waals surface area contributed by atoms with E-state index in [0.717, 1.165) is 0 Å². The molecule has 0 aliphatic carbocycles. The Hall–Kier alpha value is -2.12. The van der Waals surface area contributed by atoms with Gasteiger partial charge in [0.25, 0.3) is 0 Å². The summed E-state index contributed by atoms with van der Waals surface area (Å²) in [4.78, 5) is 23.4. The third-order valence-electron chi connectivity index (χ3n) is 3.16. The fourth-order valence-corrected chi connectivity index (χ4v) is 2.19. The topological polar surface area (TPSA) is 102 Å². The molecule has 8 nitrogen and oxygen atoms in total. The molecule has 0 aromatic carbocycles. The van der Waals surface area contributed by atoms with Gasteiger partial charge >= 0.3 is 11.7 Å². The van der Waals surface area contributed by atoms with Crippen LogP contribution in [-0.2, 0) is 4.79 Å². The number of aliphatic carboxylic acids is 1. The Morgan fingerprint density at radius 3 is 2.38 bits per heavy atom. The molecule has 0 aliphatic heterocycles. The number of nitrogens with zero attached hydrogens (tertiary/aromatic N) is 4. The number of carbonyl (C=O) groups is 1. The van der Waals surface area contributed by atoms with Gasteiger partial charge in [-0.3, -0.25) is 14.9 Å². The first-order valence-electron chi connectivity index (χ1n) is 6.88. The Kier molecular flexibility index (Phi) is 5.28. The number of hydrogen-bond donors (Lipinski definition) is 1. The lowest BCUT2D eigenvalue weighted by molar-refractivity contribution is -0.384. The molecule has 0 bridgehead atoms. The summed E-state index contributed by atoms with van der Waals surface area (Å²) in [5.41, 5.74) is 0.285. The summed E-state index contributed by atoms with van der Waals surface area (Å²) in [5, 5.41) is 24.5. The third kappa shape index (κ3) is 3.71. The Bertz CT molecular complexity index is 537. The van der Waals surface area contributed by atoms with Crippen molar-refractivity contribution in [3.63, 3.8) is 0 Å². The number of carboxylic acids is 1. The van der Waals surface area contributed by atoms with E-state index >= 15 is 0 Å². The Morgan fingerprint density at radius 2 is 2.00 bits per heavy atom. The molecular formula is C13H22N4O4. The molecule has 1 N–H and O–H groups in total. The van der Waals surface area contributed by atoms with Gasteiger partial charge in [-0.05, 0) is 34.6 Å². The highest BCUT2D eigenvalue weighted by atomic mass is 16.6. The summed E-state index contributed by atoms with van der Waals surface area (Å²) in [7, 11) is 0. The van der Waals surface area contributed by atoms with Gasteiger partial charge in [0.1, 0.15) is 5.69 Å². The van der Waals surface area contributed by atoms with Gasteiger partial charge in [-0.1, -0.05) is 0 Å². The quantitative estimate of drug-likeness (QED) is 0.612. The van der Waals surface area contributed by atoms with Crippen molar-refractivity contribution in [1.82, 2.24) is 9.78 Å². The van der Waals surface area contributed by atoms with E-state index in [4.69, 9.17) is 5.11 Å². The van der Waals surface area contributed by atoms with Crippen LogP contribution in [0.3, 0.4) is 0 Å². The molecule has 0 saturated carbocycles. The second kappa shape index (κ2) is 6.55. The van der Waals surface area contributed by atoms with E-state index in [-0.39, 0.29) is 30.7 Å². The molecule has 0 radical (unpaired) electrons. The highest BCUT2D eigenvalue weighted by molar-refractivity contribution is 5.69. The van der Waals surface area contributed by atoms with Crippen molar-refractivity contribution in [3.8, 4) is 0 Å². The molecule has 1 rings (SSSR count). The van der Waals surface area contributed by atoms with Crippen LogP contribution in [0.2, 0.25) is 0 Å². The summed E-state index contributed by atoms with van der Waals surface area (Å²) < 4.78 is 1.59. The van der Waals surface area contributed by atoms with Crippen LogP contribution in [-0.4, -0.2) is 38.4 Å². The number of rotatable bonds is 7. The lowest BCUT2D eigenvalue weighted by Crippen LogP contribution is -2.35. The molecule has 0 fully saturated rings. The largest absolute Gasteiger partial charge is 0.481 e.